The summed E-state index contributed by atoms with van der Waals surface area (Å²) in [6, 6.07) is 13.1. The van der Waals surface area contributed by atoms with Gasteiger partial charge in [-0.1, -0.05) is 47.1 Å². The first-order valence-electron chi connectivity index (χ1n) is 9.66. The molecule has 0 aliphatic carbocycles. The third-order valence-corrected chi connectivity index (χ3v) is 5.79. The van der Waals surface area contributed by atoms with E-state index in [1.54, 1.807) is 54.6 Å². The van der Waals surface area contributed by atoms with E-state index < -0.39 is 6.04 Å². The second-order valence-electron chi connectivity index (χ2n) is 6.79. The molecule has 1 heterocycles. The lowest BCUT2D eigenvalue weighted by atomic mass is 10.2. The molecule has 1 atom stereocenters. The van der Waals surface area contributed by atoms with E-state index in [0.717, 1.165) is 0 Å². The number of halogens is 2. The van der Waals surface area contributed by atoms with Crippen LogP contribution >= 0.6 is 35.0 Å². The highest BCUT2D eigenvalue weighted by molar-refractivity contribution is 7.99. The maximum atomic E-state index is 12.6. The van der Waals surface area contributed by atoms with Crippen LogP contribution in [-0.4, -0.2) is 32.3 Å². The molecule has 2 aromatic carbocycles. The van der Waals surface area contributed by atoms with Crippen molar-refractivity contribution in [1.29, 1.82) is 0 Å². The Kier molecular flexibility index (Phi) is 8.33. The van der Waals surface area contributed by atoms with E-state index >= 15 is 0 Å². The van der Waals surface area contributed by atoms with Crippen LogP contribution in [0.5, 0.6) is 0 Å². The first kappa shape index (κ1) is 23.8. The quantitative estimate of drug-likeness (QED) is 0.326. The summed E-state index contributed by atoms with van der Waals surface area (Å²) in [4.78, 5) is 24.9. The van der Waals surface area contributed by atoms with E-state index in [1.165, 1.54) is 11.8 Å². The number of aromatic nitrogens is 3. The van der Waals surface area contributed by atoms with Gasteiger partial charge in [0.15, 0.2) is 11.0 Å². The summed E-state index contributed by atoms with van der Waals surface area (Å²) >= 11 is 13.1. The average molecular weight is 490 g/mol. The predicted octanol–water partition coefficient (Wildman–Crippen LogP) is 4.99. The molecule has 7 nitrogen and oxygen atoms in total. The number of benzene rings is 2. The monoisotopic (exact) mass is 489 g/mol. The van der Waals surface area contributed by atoms with Gasteiger partial charge in [-0.15, -0.1) is 16.8 Å². The minimum atomic E-state index is -0.425. The van der Waals surface area contributed by atoms with E-state index in [9.17, 15) is 9.59 Å². The molecule has 0 aliphatic rings. The maximum absolute atomic E-state index is 12.6. The molecule has 3 aromatic rings. The number of allylic oxidation sites excluding steroid dienone is 1. The molecular weight excluding hydrogens is 469 g/mol. The Morgan fingerprint density at radius 3 is 2.59 bits per heavy atom. The molecule has 0 bridgehead atoms. The van der Waals surface area contributed by atoms with Crippen LogP contribution in [0.4, 0.5) is 5.69 Å². The van der Waals surface area contributed by atoms with Crippen molar-refractivity contribution in [3.8, 4) is 0 Å². The number of carbonyl (C=O) groups is 2. The minimum Gasteiger partial charge on any atom is -0.342 e. The van der Waals surface area contributed by atoms with E-state index in [1.807, 2.05) is 11.5 Å². The van der Waals surface area contributed by atoms with Crippen molar-refractivity contribution in [2.45, 2.75) is 24.7 Å². The average Bonchev–Trinajstić information content (AvgIpc) is 3.17. The van der Waals surface area contributed by atoms with Gasteiger partial charge in [-0.25, -0.2) is 0 Å². The van der Waals surface area contributed by atoms with Crippen LogP contribution in [0.2, 0.25) is 10.0 Å². The Bertz CT molecular complexity index is 1120. The standard InChI is InChI=1S/C22H21Cl2N5O2S/c1-3-11-29-20(14(2)25-21(31)15-5-4-6-17(24)12-15)27-28-22(29)32-13-19(30)26-18-9-7-16(23)8-10-18/h3-10,12,14H,1,11,13H2,2H3,(H,25,31)(H,26,30). The summed E-state index contributed by atoms with van der Waals surface area (Å²) < 4.78 is 1.82. The number of carbonyl (C=O) groups excluding carboxylic acids is 2. The van der Waals surface area contributed by atoms with Crippen molar-refractivity contribution in [1.82, 2.24) is 20.1 Å². The van der Waals surface area contributed by atoms with Crippen molar-refractivity contribution < 1.29 is 9.59 Å². The van der Waals surface area contributed by atoms with Gasteiger partial charge in [0.25, 0.3) is 5.91 Å². The lowest BCUT2D eigenvalue weighted by Gasteiger charge is -2.15. The van der Waals surface area contributed by atoms with Gasteiger partial charge in [0.05, 0.1) is 11.8 Å². The van der Waals surface area contributed by atoms with Crippen molar-refractivity contribution >= 4 is 52.5 Å². The topological polar surface area (TPSA) is 88.9 Å². The summed E-state index contributed by atoms with van der Waals surface area (Å²) in [5, 5.41) is 15.8. The predicted molar refractivity (Wildman–Crippen MR) is 128 cm³/mol. The highest BCUT2D eigenvalue weighted by Gasteiger charge is 2.20. The van der Waals surface area contributed by atoms with E-state index in [2.05, 4.69) is 27.4 Å². The summed E-state index contributed by atoms with van der Waals surface area (Å²) in [6.45, 7) is 6.02. The molecule has 1 unspecified atom stereocenters. The zero-order chi connectivity index (χ0) is 23.1. The number of anilines is 1. The Morgan fingerprint density at radius 2 is 1.91 bits per heavy atom. The lowest BCUT2D eigenvalue weighted by molar-refractivity contribution is -0.113. The summed E-state index contributed by atoms with van der Waals surface area (Å²) in [7, 11) is 0. The second kappa shape index (κ2) is 11.2. The molecule has 2 N–H and O–H groups in total. The van der Waals surface area contributed by atoms with Gasteiger partial charge in [-0.3, -0.25) is 9.59 Å². The van der Waals surface area contributed by atoms with Crippen molar-refractivity contribution in [3.05, 3.63) is 82.6 Å². The van der Waals surface area contributed by atoms with E-state index in [0.29, 0.717) is 38.8 Å². The van der Waals surface area contributed by atoms with E-state index in [-0.39, 0.29) is 17.6 Å². The fourth-order valence-electron chi connectivity index (χ4n) is 2.86. The second-order valence-corrected chi connectivity index (χ2v) is 8.60. The van der Waals surface area contributed by atoms with Crippen molar-refractivity contribution in [3.63, 3.8) is 0 Å². The number of amides is 2. The molecule has 0 aliphatic heterocycles. The molecule has 166 valence electrons. The maximum Gasteiger partial charge on any atom is 0.251 e. The molecule has 10 heteroatoms. The summed E-state index contributed by atoms with van der Waals surface area (Å²) in [5.41, 5.74) is 1.11. The molecule has 0 fully saturated rings. The van der Waals surface area contributed by atoms with Crippen LogP contribution in [0.15, 0.2) is 66.3 Å². The molecule has 2 amide bonds. The van der Waals surface area contributed by atoms with Crippen LogP contribution in [0.3, 0.4) is 0 Å². The number of rotatable bonds is 9. The van der Waals surface area contributed by atoms with Gasteiger partial charge in [0.1, 0.15) is 0 Å². The van der Waals surface area contributed by atoms with Crippen LogP contribution in [0.25, 0.3) is 0 Å². The molecule has 0 radical (unpaired) electrons. The van der Waals surface area contributed by atoms with Gasteiger partial charge in [-0.05, 0) is 49.4 Å². The zero-order valence-electron chi connectivity index (χ0n) is 17.2. The Balaban J connectivity index is 1.66. The fraction of sp³-hybridized carbons (Fsp3) is 0.182. The number of hydrogen-bond donors (Lipinski definition) is 2. The van der Waals surface area contributed by atoms with Gasteiger partial charge < -0.3 is 15.2 Å². The highest BCUT2D eigenvalue weighted by Crippen LogP contribution is 2.22. The molecule has 32 heavy (non-hydrogen) atoms. The summed E-state index contributed by atoms with van der Waals surface area (Å²) in [5.74, 6) is 0.237. The summed E-state index contributed by atoms with van der Waals surface area (Å²) in [6.07, 6.45) is 1.70. The van der Waals surface area contributed by atoms with Crippen LogP contribution in [0, 0.1) is 0 Å². The van der Waals surface area contributed by atoms with Gasteiger partial charge in [0.2, 0.25) is 5.91 Å². The molecule has 0 spiro atoms. The Labute approximate surface area is 200 Å². The molecule has 0 saturated carbocycles. The minimum absolute atomic E-state index is 0.140. The first-order valence-corrected chi connectivity index (χ1v) is 11.4. The van der Waals surface area contributed by atoms with E-state index in [4.69, 9.17) is 23.2 Å². The normalized spacial score (nSPS) is 11.6. The third-order valence-electron chi connectivity index (χ3n) is 4.34. The molecular formula is C22H21Cl2N5O2S. The van der Waals surface area contributed by atoms with Crippen LogP contribution in [0.1, 0.15) is 29.1 Å². The Hall–Kier alpha value is -2.81. The van der Waals surface area contributed by atoms with Crippen LogP contribution in [-0.2, 0) is 11.3 Å². The first-order chi connectivity index (χ1) is 15.4. The fourth-order valence-corrected chi connectivity index (χ4v) is 3.93. The zero-order valence-corrected chi connectivity index (χ0v) is 19.5. The van der Waals surface area contributed by atoms with Gasteiger partial charge >= 0.3 is 0 Å². The van der Waals surface area contributed by atoms with Gasteiger partial charge in [0, 0.05) is 27.8 Å². The van der Waals surface area contributed by atoms with Gasteiger partial charge in [-0.2, -0.15) is 0 Å². The third kappa shape index (κ3) is 6.35. The number of nitrogens with zero attached hydrogens (tertiary/aromatic N) is 3. The van der Waals surface area contributed by atoms with Crippen molar-refractivity contribution in [2.75, 3.05) is 11.1 Å². The van der Waals surface area contributed by atoms with Crippen LogP contribution < -0.4 is 10.6 Å². The number of nitrogens with one attached hydrogen (secondary N) is 2. The number of hydrogen-bond acceptors (Lipinski definition) is 5. The Morgan fingerprint density at radius 1 is 1.16 bits per heavy atom. The smallest absolute Gasteiger partial charge is 0.251 e. The molecule has 0 saturated heterocycles. The molecule has 1 aromatic heterocycles. The van der Waals surface area contributed by atoms with Crippen molar-refractivity contribution in [2.24, 2.45) is 0 Å². The SMILES string of the molecule is C=CCn1c(SCC(=O)Nc2ccc(Cl)cc2)nnc1C(C)NC(=O)c1cccc(Cl)c1. The number of thioether (sulfide) groups is 1. The largest absolute Gasteiger partial charge is 0.342 e. The lowest BCUT2D eigenvalue weighted by Crippen LogP contribution is -2.28. The highest BCUT2D eigenvalue weighted by atomic mass is 35.5. The molecule has 3 rings (SSSR count).